The normalized spacial score (nSPS) is 22.0. The van der Waals surface area contributed by atoms with Gasteiger partial charge in [0.1, 0.15) is 0 Å². The van der Waals surface area contributed by atoms with E-state index in [1.165, 1.54) is 0 Å². The monoisotopic (exact) mass is 491 g/mol. The van der Waals surface area contributed by atoms with Crippen molar-refractivity contribution in [3.63, 3.8) is 0 Å². The number of urea groups is 1. The van der Waals surface area contributed by atoms with Gasteiger partial charge in [0.2, 0.25) is 5.91 Å². The predicted octanol–water partition coefficient (Wildman–Crippen LogP) is 4.27. The molecule has 8 nitrogen and oxygen atoms in total. The largest absolute Gasteiger partial charge is 0.343 e. The third-order valence-corrected chi connectivity index (χ3v) is 7.97. The Labute approximate surface area is 213 Å². The van der Waals surface area contributed by atoms with Gasteiger partial charge in [0.15, 0.2) is 5.78 Å². The zero-order valence-electron chi connectivity index (χ0n) is 21.6. The maximum Gasteiger partial charge on any atom is 0.318 e. The van der Waals surface area contributed by atoms with Crippen LogP contribution in [-0.4, -0.2) is 56.9 Å². The first kappa shape index (κ1) is 24.5. The Morgan fingerprint density at radius 2 is 1.78 bits per heavy atom. The summed E-state index contributed by atoms with van der Waals surface area (Å²) in [4.78, 5) is 42.3. The van der Waals surface area contributed by atoms with Crippen LogP contribution in [0.3, 0.4) is 0 Å². The molecule has 8 heteroatoms. The first-order valence-electron chi connectivity index (χ1n) is 13.2. The molecule has 1 aliphatic carbocycles. The molecule has 3 amide bonds. The zero-order valence-corrected chi connectivity index (χ0v) is 21.6. The van der Waals surface area contributed by atoms with E-state index in [-0.39, 0.29) is 35.2 Å². The van der Waals surface area contributed by atoms with Gasteiger partial charge >= 0.3 is 6.03 Å². The SMILES string of the molecule is CC(=O)N1CCC(n2nc([C@H]3CCCN3C(=O)NCc3ccccc3)c3c2CC(C)(C)CC3=O)CC1. The number of hydrogen-bond acceptors (Lipinski definition) is 4. The standard InChI is InChI=1S/C28H37N5O3/c1-19(34)31-14-11-21(12-15-31)33-23-16-28(2,3)17-24(35)25(23)26(30-33)22-10-7-13-32(22)27(36)29-18-20-8-5-4-6-9-20/h4-6,8-9,21-22H,7,10-18H2,1-3H3,(H,29,36)/t22-/m1/s1. The van der Waals surface area contributed by atoms with Crippen LogP contribution in [0.25, 0.3) is 0 Å². The van der Waals surface area contributed by atoms with Crippen molar-refractivity contribution < 1.29 is 14.4 Å². The molecule has 0 saturated carbocycles. The molecule has 1 aromatic carbocycles. The molecular formula is C28H37N5O3. The molecule has 0 spiro atoms. The molecule has 36 heavy (non-hydrogen) atoms. The number of aromatic nitrogens is 2. The number of carbonyl (C=O) groups is 3. The Balaban J connectivity index is 1.43. The Morgan fingerprint density at radius 1 is 1.06 bits per heavy atom. The highest BCUT2D eigenvalue weighted by Crippen LogP contribution is 2.42. The smallest absolute Gasteiger partial charge is 0.318 e. The number of amides is 3. The summed E-state index contributed by atoms with van der Waals surface area (Å²) < 4.78 is 2.10. The number of benzene rings is 1. The van der Waals surface area contributed by atoms with Gasteiger partial charge in [-0.05, 0) is 43.1 Å². The van der Waals surface area contributed by atoms with E-state index in [1.807, 2.05) is 40.1 Å². The lowest BCUT2D eigenvalue weighted by atomic mass is 9.75. The van der Waals surface area contributed by atoms with Crippen LogP contribution in [0.4, 0.5) is 4.79 Å². The number of likely N-dealkylation sites (tertiary alicyclic amines) is 2. The van der Waals surface area contributed by atoms with Gasteiger partial charge in [-0.25, -0.2) is 4.79 Å². The quantitative estimate of drug-likeness (QED) is 0.692. The van der Waals surface area contributed by atoms with E-state index in [1.54, 1.807) is 6.92 Å². The molecular weight excluding hydrogens is 454 g/mol. The second-order valence-corrected chi connectivity index (χ2v) is 11.3. The summed E-state index contributed by atoms with van der Waals surface area (Å²) in [5.74, 6) is 0.247. The fourth-order valence-corrected chi connectivity index (χ4v) is 6.13. The molecule has 1 atom stereocenters. The summed E-state index contributed by atoms with van der Waals surface area (Å²) in [5.41, 5.74) is 3.46. The number of piperidine rings is 1. The van der Waals surface area contributed by atoms with E-state index >= 15 is 0 Å². The third-order valence-electron chi connectivity index (χ3n) is 7.97. The minimum absolute atomic E-state index is 0.107. The second kappa shape index (κ2) is 9.71. The Bertz CT molecular complexity index is 1150. The third kappa shape index (κ3) is 4.77. The molecule has 0 radical (unpaired) electrons. The summed E-state index contributed by atoms with van der Waals surface area (Å²) in [5, 5.41) is 8.17. The number of rotatable bonds is 4. The molecule has 1 aromatic heterocycles. The van der Waals surface area contributed by atoms with Crippen molar-refractivity contribution in [1.29, 1.82) is 0 Å². The molecule has 192 valence electrons. The topological polar surface area (TPSA) is 87.5 Å². The van der Waals surface area contributed by atoms with E-state index in [0.717, 1.165) is 54.6 Å². The molecule has 1 N–H and O–H groups in total. The van der Waals surface area contributed by atoms with Crippen molar-refractivity contribution in [1.82, 2.24) is 24.9 Å². The number of carbonyl (C=O) groups excluding carboxylic acids is 3. The minimum Gasteiger partial charge on any atom is -0.343 e. The highest BCUT2D eigenvalue weighted by molar-refractivity contribution is 6.00. The molecule has 0 unspecified atom stereocenters. The van der Waals surface area contributed by atoms with Gasteiger partial charge in [-0.1, -0.05) is 44.2 Å². The number of nitrogens with zero attached hydrogens (tertiary/aromatic N) is 4. The summed E-state index contributed by atoms with van der Waals surface area (Å²) in [7, 11) is 0. The van der Waals surface area contributed by atoms with Gasteiger partial charge in [-0.2, -0.15) is 5.10 Å². The van der Waals surface area contributed by atoms with Crippen molar-refractivity contribution in [2.24, 2.45) is 5.41 Å². The first-order chi connectivity index (χ1) is 17.2. The average Bonchev–Trinajstić information content (AvgIpc) is 3.47. The van der Waals surface area contributed by atoms with Gasteiger partial charge in [0.25, 0.3) is 0 Å². The van der Waals surface area contributed by atoms with Crippen LogP contribution in [0.2, 0.25) is 0 Å². The highest BCUT2D eigenvalue weighted by atomic mass is 16.2. The molecule has 3 aliphatic rings. The molecule has 5 rings (SSSR count). The summed E-state index contributed by atoms with van der Waals surface area (Å²) >= 11 is 0. The first-order valence-corrected chi connectivity index (χ1v) is 13.2. The van der Waals surface area contributed by atoms with E-state index in [2.05, 4.69) is 23.8 Å². The number of fused-ring (bicyclic) bond motifs is 1. The van der Waals surface area contributed by atoms with Crippen molar-refractivity contribution >= 4 is 17.7 Å². The fourth-order valence-electron chi connectivity index (χ4n) is 6.13. The number of nitrogens with one attached hydrogen (secondary N) is 1. The zero-order chi connectivity index (χ0) is 25.4. The van der Waals surface area contributed by atoms with Crippen molar-refractivity contribution in [2.75, 3.05) is 19.6 Å². The van der Waals surface area contributed by atoms with E-state index in [0.29, 0.717) is 32.6 Å². The number of ketones is 1. The Hall–Kier alpha value is -3.16. The lowest BCUT2D eigenvalue weighted by molar-refractivity contribution is -0.130. The van der Waals surface area contributed by atoms with Crippen LogP contribution >= 0.6 is 0 Å². The van der Waals surface area contributed by atoms with Crippen LogP contribution in [0.15, 0.2) is 30.3 Å². The lowest BCUT2D eigenvalue weighted by Crippen LogP contribution is -2.39. The molecule has 2 fully saturated rings. The maximum absolute atomic E-state index is 13.5. The maximum atomic E-state index is 13.5. The van der Waals surface area contributed by atoms with Crippen LogP contribution in [0.1, 0.15) is 92.3 Å². The lowest BCUT2D eigenvalue weighted by Gasteiger charge is -2.34. The van der Waals surface area contributed by atoms with Crippen molar-refractivity contribution in [2.45, 2.75) is 77.9 Å². The summed E-state index contributed by atoms with van der Waals surface area (Å²) in [6.45, 7) is 8.44. The Morgan fingerprint density at radius 3 is 2.47 bits per heavy atom. The van der Waals surface area contributed by atoms with E-state index < -0.39 is 0 Å². The molecule has 3 heterocycles. The average molecular weight is 492 g/mol. The van der Waals surface area contributed by atoms with E-state index in [4.69, 9.17) is 5.10 Å². The predicted molar refractivity (Wildman–Crippen MR) is 137 cm³/mol. The van der Waals surface area contributed by atoms with Gasteiger partial charge in [0, 0.05) is 39.5 Å². The number of Topliss-reactive ketones (excluding diaryl/α,β-unsaturated/α-hetero) is 1. The van der Waals surface area contributed by atoms with Gasteiger partial charge < -0.3 is 15.1 Å². The second-order valence-electron chi connectivity index (χ2n) is 11.3. The molecule has 0 bridgehead atoms. The Kier molecular flexibility index (Phi) is 6.62. The van der Waals surface area contributed by atoms with Crippen LogP contribution in [0.5, 0.6) is 0 Å². The van der Waals surface area contributed by atoms with Gasteiger partial charge in [0.05, 0.1) is 29.0 Å². The number of hydrogen-bond donors (Lipinski definition) is 1. The summed E-state index contributed by atoms with van der Waals surface area (Å²) in [6.07, 6.45) is 4.64. The minimum atomic E-state index is -0.196. The fraction of sp³-hybridized carbons (Fsp3) is 0.571. The van der Waals surface area contributed by atoms with Crippen molar-refractivity contribution in [3.8, 4) is 0 Å². The van der Waals surface area contributed by atoms with Crippen LogP contribution in [0, 0.1) is 5.41 Å². The van der Waals surface area contributed by atoms with Crippen LogP contribution in [-0.2, 0) is 17.8 Å². The summed E-state index contributed by atoms with van der Waals surface area (Å²) in [6, 6.07) is 9.74. The van der Waals surface area contributed by atoms with E-state index in [9.17, 15) is 14.4 Å². The van der Waals surface area contributed by atoms with Gasteiger partial charge in [-0.15, -0.1) is 0 Å². The van der Waals surface area contributed by atoms with Crippen molar-refractivity contribution in [3.05, 3.63) is 52.8 Å². The highest BCUT2D eigenvalue weighted by Gasteiger charge is 2.42. The molecule has 2 saturated heterocycles. The molecule has 2 aromatic rings. The molecule has 2 aliphatic heterocycles. The van der Waals surface area contributed by atoms with Crippen LogP contribution < -0.4 is 5.32 Å². The van der Waals surface area contributed by atoms with Gasteiger partial charge in [-0.3, -0.25) is 14.3 Å².